The molecule has 1 saturated carbocycles. The molecule has 2 heterocycles. The van der Waals surface area contributed by atoms with Gasteiger partial charge in [-0.1, -0.05) is 25.7 Å². The highest BCUT2D eigenvalue weighted by Crippen LogP contribution is 2.24. The number of anilines is 4. The van der Waals surface area contributed by atoms with Crippen LogP contribution < -0.4 is 20.7 Å². The fourth-order valence-corrected chi connectivity index (χ4v) is 4.47. The molecule has 1 aromatic heterocycles. The molecule has 10 heteroatoms. The van der Waals surface area contributed by atoms with Gasteiger partial charge in [0.2, 0.25) is 23.8 Å². The molecule has 2 aliphatic rings. The van der Waals surface area contributed by atoms with Crippen molar-refractivity contribution in [1.82, 2.24) is 19.9 Å². The zero-order valence-corrected chi connectivity index (χ0v) is 19.8. The van der Waals surface area contributed by atoms with Gasteiger partial charge in [-0.05, 0) is 37.8 Å². The molecule has 0 unspecified atom stereocenters. The zero-order chi connectivity index (χ0) is 23.8. The van der Waals surface area contributed by atoms with Gasteiger partial charge in [0, 0.05) is 43.9 Å². The second-order valence-electron chi connectivity index (χ2n) is 8.88. The monoisotopic (exact) mass is 471 g/mol. The molecule has 2 aromatic rings. The van der Waals surface area contributed by atoms with Crippen LogP contribution in [0.1, 0.15) is 57.8 Å². The summed E-state index contributed by atoms with van der Waals surface area (Å²) in [6.07, 6.45) is 9.48. The molecule has 4 rings (SSSR count). The smallest absolute Gasteiger partial charge is 0.233 e. The maximum atomic E-state index is 14.1. The highest BCUT2D eigenvalue weighted by atomic mass is 19.1. The lowest BCUT2D eigenvalue weighted by Crippen LogP contribution is -2.27. The first-order valence-electron chi connectivity index (χ1n) is 12.3. The molecule has 184 valence electrons. The van der Waals surface area contributed by atoms with Crippen molar-refractivity contribution in [2.24, 2.45) is 0 Å². The quantitative estimate of drug-likeness (QED) is 0.348. The molecule has 1 aliphatic heterocycles. The predicted octanol–water partition coefficient (Wildman–Crippen LogP) is 4.32. The molecule has 1 saturated heterocycles. The van der Waals surface area contributed by atoms with E-state index in [1.165, 1.54) is 38.9 Å². The SMILES string of the molecule is COc1ccc(Nc2nc(NCCCN3CCCC3=O)nc(NC3CCCCCC3)n2)cc1F. The fraction of sp³-hybridized carbons (Fsp3) is 0.583. The van der Waals surface area contributed by atoms with Gasteiger partial charge in [0.25, 0.3) is 0 Å². The number of aromatic nitrogens is 3. The van der Waals surface area contributed by atoms with E-state index in [9.17, 15) is 9.18 Å². The standard InChI is InChI=1S/C24H34FN7O2/c1-34-20-12-11-18(16-19(20)25)28-24-30-22(26-13-7-15-32-14-6-10-21(32)33)29-23(31-24)27-17-8-4-2-3-5-9-17/h11-12,16-17H,2-10,13-15H2,1H3,(H3,26,27,28,29,30,31). The van der Waals surface area contributed by atoms with E-state index in [1.807, 2.05) is 4.90 Å². The zero-order valence-electron chi connectivity index (χ0n) is 19.8. The van der Waals surface area contributed by atoms with Gasteiger partial charge in [-0.2, -0.15) is 15.0 Å². The van der Waals surface area contributed by atoms with Crippen LogP contribution in [-0.4, -0.2) is 58.5 Å². The molecule has 3 N–H and O–H groups in total. The van der Waals surface area contributed by atoms with Crippen molar-refractivity contribution in [2.45, 2.75) is 63.8 Å². The number of hydrogen-bond acceptors (Lipinski definition) is 8. The van der Waals surface area contributed by atoms with Gasteiger partial charge in [-0.3, -0.25) is 4.79 Å². The summed E-state index contributed by atoms with van der Waals surface area (Å²) >= 11 is 0. The van der Waals surface area contributed by atoms with E-state index >= 15 is 0 Å². The Hall–Kier alpha value is -3.17. The lowest BCUT2D eigenvalue weighted by molar-refractivity contribution is -0.127. The first-order valence-corrected chi connectivity index (χ1v) is 12.3. The Bertz CT molecular complexity index is 966. The minimum Gasteiger partial charge on any atom is -0.494 e. The Balaban J connectivity index is 1.44. The number of methoxy groups -OCH3 is 1. The number of carbonyl (C=O) groups is 1. The number of ether oxygens (including phenoxy) is 1. The van der Waals surface area contributed by atoms with E-state index in [0.717, 1.165) is 38.8 Å². The summed E-state index contributed by atoms with van der Waals surface area (Å²) in [7, 11) is 1.43. The van der Waals surface area contributed by atoms with Gasteiger partial charge in [0.05, 0.1) is 7.11 Å². The number of benzene rings is 1. The summed E-state index contributed by atoms with van der Waals surface area (Å²) in [5.41, 5.74) is 0.517. The van der Waals surface area contributed by atoms with Gasteiger partial charge in [-0.15, -0.1) is 0 Å². The first-order chi connectivity index (χ1) is 16.6. The summed E-state index contributed by atoms with van der Waals surface area (Å²) in [5.74, 6) is 1.20. The van der Waals surface area contributed by atoms with Crippen LogP contribution in [-0.2, 0) is 4.79 Å². The molecule has 0 radical (unpaired) electrons. The average Bonchev–Trinajstić information content (AvgIpc) is 3.06. The number of hydrogen-bond donors (Lipinski definition) is 3. The molecule has 0 atom stereocenters. The summed E-state index contributed by atoms with van der Waals surface area (Å²) < 4.78 is 19.1. The largest absolute Gasteiger partial charge is 0.494 e. The number of nitrogens with one attached hydrogen (secondary N) is 3. The number of carbonyl (C=O) groups excluding carboxylic acids is 1. The molecular formula is C24H34FN7O2. The number of amides is 1. The van der Waals surface area contributed by atoms with Gasteiger partial charge in [0.1, 0.15) is 0 Å². The third-order valence-corrected chi connectivity index (χ3v) is 6.29. The van der Waals surface area contributed by atoms with Gasteiger partial charge >= 0.3 is 0 Å². The van der Waals surface area contributed by atoms with E-state index in [0.29, 0.717) is 42.5 Å². The van der Waals surface area contributed by atoms with Crippen molar-refractivity contribution < 1.29 is 13.9 Å². The highest BCUT2D eigenvalue weighted by Gasteiger charge is 2.19. The molecule has 2 fully saturated rings. The number of nitrogens with zero attached hydrogens (tertiary/aromatic N) is 4. The molecule has 1 aliphatic carbocycles. The van der Waals surface area contributed by atoms with Crippen LogP contribution in [0, 0.1) is 5.82 Å². The fourth-order valence-electron chi connectivity index (χ4n) is 4.47. The summed E-state index contributed by atoms with van der Waals surface area (Å²) in [6.45, 7) is 2.19. The Kier molecular flexibility index (Phi) is 8.32. The number of rotatable bonds is 10. The van der Waals surface area contributed by atoms with Gasteiger partial charge < -0.3 is 25.6 Å². The lowest BCUT2D eigenvalue weighted by atomic mass is 10.1. The van der Waals surface area contributed by atoms with Crippen molar-refractivity contribution in [3.05, 3.63) is 24.0 Å². The predicted molar refractivity (Wildman–Crippen MR) is 130 cm³/mol. The molecule has 9 nitrogen and oxygen atoms in total. The van der Waals surface area contributed by atoms with E-state index in [4.69, 9.17) is 4.74 Å². The van der Waals surface area contributed by atoms with Crippen molar-refractivity contribution in [2.75, 3.05) is 42.7 Å². The lowest BCUT2D eigenvalue weighted by Gasteiger charge is -2.18. The maximum Gasteiger partial charge on any atom is 0.233 e. The van der Waals surface area contributed by atoms with Crippen LogP contribution >= 0.6 is 0 Å². The van der Waals surface area contributed by atoms with Crippen LogP contribution in [0.25, 0.3) is 0 Å². The van der Waals surface area contributed by atoms with Crippen LogP contribution in [0.5, 0.6) is 5.75 Å². The Morgan fingerprint density at radius 2 is 1.82 bits per heavy atom. The third kappa shape index (κ3) is 6.68. The van der Waals surface area contributed by atoms with Crippen LogP contribution in [0.15, 0.2) is 18.2 Å². The van der Waals surface area contributed by atoms with Crippen LogP contribution in [0.2, 0.25) is 0 Å². The van der Waals surface area contributed by atoms with E-state index in [1.54, 1.807) is 12.1 Å². The van der Waals surface area contributed by atoms with Gasteiger partial charge in [0.15, 0.2) is 11.6 Å². The number of likely N-dealkylation sites (tertiary alicyclic amines) is 1. The molecular weight excluding hydrogens is 437 g/mol. The summed E-state index contributed by atoms with van der Waals surface area (Å²) in [5, 5.41) is 9.80. The van der Waals surface area contributed by atoms with Gasteiger partial charge in [-0.25, -0.2) is 4.39 Å². The molecule has 1 amide bonds. The van der Waals surface area contributed by atoms with E-state index in [2.05, 4.69) is 30.9 Å². The topological polar surface area (TPSA) is 104 Å². The minimum absolute atomic E-state index is 0.177. The number of halogens is 1. The van der Waals surface area contributed by atoms with Crippen molar-refractivity contribution >= 4 is 29.4 Å². The van der Waals surface area contributed by atoms with Crippen LogP contribution in [0.3, 0.4) is 0 Å². The average molecular weight is 472 g/mol. The third-order valence-electron chi connectivity index (χ3n) is 6.29. The van der Waals surface area contributed by atoms with Crippen molar-refractivity contribution in [1.29, 1.82) is 0 Å². The highest BCUT2D eigenvalue weighted by molar-refractivity contribution is 5.78. The Morgan fingerprint density at radius 1 is 1.06 bits per heavy atom. The van der Waals surface area contributed by atoms with Crippen molar-refractivity contribution in [3.8, 4) is 5.75 Å². The summed E-state index contributed by atoms with van der Waals surface area (Å²) in [4.78, 5) is 27.3. The van der Waals surface area contributed by atoms with E-state index in [-0.39, 0.29) is 11.7 Å². The first kappa shape index (κ1) is 24.0. The Labute approximate surface area is 199 Å². The Morgan fingerprint density at radius 3 is 2.53 bits per heavy atom. The summed E-state index contributed by atoms with van der Waals surface area (Å²) in [6, 6.07) is 4.94. The normalized spacial score (nSPS) is 16.9. The molecule has 0 bridgehead atoms. The molecule has 34 heavy (non-hydrogen) atoms. The molecule has 1 aromatic carbocycles. The van der Waals surface area contributed by atoms with Crippen LogP contribution in [0.4, 0.5) is 27.9 Å². The minimum atomic E-state index is -0.465. The second-order valence-corrected chi connectivity index (χ2v) is 8.88. The van der Waals surface area contributed by atoms with E-state index < -0.39 is 5.82 Å². The van der Waals surface area contributed by atoms with Crippen molar-refractivity contribution in [3.63, 3.8) is 0 Å². The maximum absolute atomic E-state index is 14.1. The second kappa shape index (κ2) is 11.8. The molecule has 0 spiro atoms.